The second-order valence-corrected chi connectivity index (χ2v) is 14.1. The molecule has 2 aliphatic heterocycles. The van der Waals surface area contributed by atoms with Gasteiger partial charge in [0.25, 0.3) is 0 Å². The molecule has 0 atom stereocenters. The summed E-state index contributed by atoms with van der Waals surface area (Å²) >= 11 is 0. The second-order valence-electron chi connectivity index (χ2n) is 14.1. The van der Waals surface area contributed by atoms with E-state index in [1.807, 2.05) is 6.07 Å². The summed E-state index contributed by atoms with van der Waals surface area (Å²) in [6, 6.07) is 27.5. The number of hydrogen-bond acceptors (Lipinski definition) is 6. The Kier molecular flexibility index (Phi) is 4.95. The Morgan fingerprint density at radius 2 is 1.16 bits per heavy atom. The molecular weight excluding hydrogens is 530 g/mol. The van der Waals surface area contributed by atoms with Crippen molar-refractivity contribution in [2.75, 3.05) is 4.90 Å². The number of guanidine groups is 1. The molecule has 6 aromatic rings. The van der Waals surface area contributed by atoms with E-state index >= 15 is 0 Å². The maximum atomic E-state index is 6.82. The Bertz CT molecular complexity index is 2150. The van der Waals surface area contributed by atoms with Gasteiger partial charge in [-0.15, -0.1) is 0 Å². The minimum atomic E-state index is -0.368. The zero-order chi connectivity index (χ0) is 30.1. The molecule has 0 spiro atoms. The van der Waals surface area contributed by atoms with Gasteiger partial charge in [-0.05, 0) is 71.5 Å². The summed E-state index contributed by atoms with van der Waals surface area (Å²) in [6.45, 7) is 18.2. The average Bonchev–Trinajstić information content (AvgIpc) is 3.50. The molecule has 43 heavy (non-hydrogen) atoms. The number of aromatic nitrogens is 2. The highest BCUT2D eigenvalue weighted by atomic mass is 16.3. The maximum Gasteiger partial charge on any atom is 0.236 e. The van der Waals surface area contributed by atoms with Crippen molar-refractivity contribution in [3.63, 3.8) is 0 Å². The molecule has 6 nitrogen and oxygen atoms in total. The van der Waals surface area contributed by atoms with Gasteiger partial charge < -0.3 is 9.32 Å². The normalized spacial score (nSPS) is 20.0. The fourth-order valence-corrected chi connectivity index (χ4v) is 7.39. The van der Waals surface area contributed by atoms with Crippen LogP contribution in [-0.4, -0.2) is 43.0 Å². The highest BCUT2D eigenvalue weighted by molar-refractivity contribution is 6.31. The first kappa shape index (κ1) is 26.2. The number of anilines is 1. The van der Waals surface area contributed by atoms with Crippen LogP contribution in [0.3, 0.4) is 0 Å². The molecule has 4 aromatic carbocycles. The van der Waals surface area contributed by atoms with Crippen molar-refractivity contribution in [2.45, 2.75) is 77.5 Å². The molecule has 1 fully saturated rings. The van der Waals surface area contributed by atoms with Crippen LogP contribution in [0.2, 0.25) is 0 Å². The molecule has 0 radical (unpaired) electrons. The number of nitrogens with zero attached hydrogens (tertiary/aromatic N) is 5. The van der Waals surface area contributed by atoms with Gasteiger partial charge in [0.1, 0.15) is 5.58 Å². The van der Waals surface area contributed by atoms with E-state index in [-0.39, 0.29) is 22.2 Å². The SMILES string of the molecule is CC1(C)N=C2N(c3nc(-c4ccccc4)c4c(n3)oc3c5ccccc5c5ccccc5c34)C(C)(C)C(C)(C)N2C1(C)C. The zero-order valence-corrected chi connectivity index (χ0v) is 26.1. The first-order valence-corrected chi connectivity index (χ1v) is 15.2. The van der Waals surface area contributed by atoms with Gasteiger partial charge in [-0.25, -0.2) is 9.98 Å². The predicted molar refractivity (Wildman–Crippen MR) is 178 cm³/mol. The van der Waals surface area contributed by atoms with E-state index in [4.69, 9.17) is 19.4 Å². The van der Waals surface area contributed by atoms with E-state index in [0.717, 1.165) is 44.3 Å². The Labute approximate surface area is 252 Å². The summed E-state index contributed by atoms with van der Waals surface area (Å²) in [5.41, 5.74) is 2.20. The van der Waals surface area contributed by atoms with Gasteiger partial charge in [0.2, 0.25) is 17.6 Å². The number of furan rings is 1. The zero-order valence-electron chi connectivity index (χ0n) is 26.1. The molecule has 0 unspecified atom stereocenters. The first-order valence-electron chi connectivity index (χ1n) is 15.2. The molecule has 0 aliphatic carbocycles. The van der Waals surface area contributed by atoms with Crippen LogP contribution in [0.15, 0.2) is 88.3 Å². The summed E-state index contributed by atoms with van der Waals surface area (Å²) in [5.74, 6) is 1.52. The summed E-state index contributed by atoms with van der Waals surface area (Å²) < 4.78 is 6.82. The molecule has 2 aliphatic rings. The van der Waals surface area contributed by atoms with E-state index < -0.39 is 0 Å². The molecule has 2 aromatic heterocycles. The highest BCUT2D eigenvalue weighted by Gasteiger charge is 2.66. The van der Waals surface area contributed by atoms with Crippen LogP contribution < -0.4 is 4.90 Å². The topological polar surface area (TPSA) is 57.8 Å². The van der Waals surface area contributed by atoms with Gasteiger partial charge >= 0.3 is 0 Å². The third-order valence-corrected chi connectivity index (χ3v) is 10.9. The van der Waals surface area contributed by atoms with Crippen LogP contribution in [0.25, 0.3) is 54.9 Å². The summed E-state index contributed by atoms with van der Waals surface area (Å²) in [7, 11) is 0. The van der Waals surface area contributed by atoms with Gasteiger partial charge in [0, 0.05) is 16.3 Å². The summed E-state index contributed by atoms with van der Waals surface area (Å²) in [4.78, 5) is 20.8. The van der Waals surface area contributed by atoms with E-state index in [2.05, 4.69) is 138 Å². The van der Waals surface area contributed by atoms with E-state index in [1.54, 1.807) is 0 Å². The molecule has 6 heteroatoms. The first-order chi connectivity index (χ1) is 20.4. The lowest BCUT2D eigenvalue weighted by atomic mass is 9.76. The van der Waals surface area contributed by atoms with Crippen molar-refractivity contribution < 1.29 is 4.42 Å². The summed E-state index contributed by atoms with van der Waals surface area (Å²) in [6.07, 6.45) is 0. The Morgan fingerprint density at radius 1 is 0.581 bits per heavy atom. The van der Waals surface area contributed by atoms with Crippen molar-refractivity contribution in [3.05, 3.63) is 78.9 Å². The van der Waals surface area contributed by atoms with Crippen LogP contribution in [0.4, 0.5) is 5.95 Å². The standard InChI is InChI=1S/C37H37N5O/c1-34(2)35(3,4)42-33(40-34)41(36(5,6)37(42,7)8)32-38-29(22-16-10-9-11-17-22)28-27-25-20-14-12-18-23(25)24-19-13-15-21-26(24)30(27)43-31(28)39-32/h9-21H,1-8H3. The molecule has 4 heterocycles. The van der Waals surface area contributed by atoms with Crippen molar-refractivity contribution in [3.8, 4) is 11.3 Å². The Balaban J connectivity index is 1.51. The minimum Gasteiger partial charge on any atom is -0.437 e. The molecular formula is C37H37N5O. The smallest absolute Gasteiger partial charge is 0.236 e. The monoisotopic (exact) mass is 567 g/mol. The van der Waals surface area contributed by atoms with Crippen LogP contribution in [0, 0.1) is 0 Å². The second kappa shape index (κ2) is 8.13. The van der Waals surface area contributed by atoms with Crippen molar-refractivity contribution in [2.24, 2.45) is 4.99 Å². The molecule has 1 saturated heterocycles. The maximum absolute atomic E-state index is 6.82. The number of hydrogen-bond donors (Lipinski definition) is 0. The lowest BCUT2D eigenvalue weighted by molar-refractivity contribution is 0.0528. The fourth-order valence-electron chi connectivity index (χ4n) is 7.39. The van der Waals surface area contributed by atoms with Gasteiger partial charge in [-0.1, -0.05) is 78.9 Å². The van der Waals surface area contributed by atoms with Gasteiger partial charge in [0.15, 0.2) is 0 Å². The van der Waals surface area contributed by atoms with Gasteiger partial charge in [-0.3, -0.25) is 4.90 Å². The van der Waals surface area contributed by atoms with Crippen molar-refractivity contribution in [1.82, 2.24) is 14.9 Å². The van der Waals surface area contributed by atoms with E-state index in [0.29, 0.717) is 11.7 Å². The lowest BCUT2D eigenvalue weighted by Crippen LogP contribution is -2.63. The van der Waals surface area contributed by atoms with Crippen LogP contribution in [0.1, 0.15) is 55.4 Å². The largest absolute Gasteiger partial charge is 0.437 e. The molecule has 0 amide bonds. The number of aliphatic imine (C=N–C) groups is 1. The van der Waals surface area contributed by atoms with E-state index in [9.17, 15) is 0 Å². The molecule has 0 bridgehead atoms. The van der Waals surface area contributed by atoms with E-state index in [1.165, 1.54) is 10.8 Å². The molecule has 0 N–H and O–H groups in total. The lowest BCUT2D eigenvalue weighted by Gasteiger charge is -2.50. The average molecular weight is 568 g/mol. The van der Waals surface area contributed by atoms with Crippen molar-refractivity contribution in [1.29, 1.82) is 0 Å². The Hall–Kier alpha value is -4.45. The fraction of sp³-hybridized carbons (Fsp3) is 0.324. The van der Waals surface area contributed by atoms with Gasteiger partial charge in [-0.2, -0.15) is 4.98 Å². The summed E-state index contributed by atoms with van der Waals surface area (Å²) in [5, 5.41) is 6.57. The predicted octanol–water partition coefficient (Wildman–Crippen LogP) is 8.96. The van der Waals surface area contributed by atoms with Crippen molar-refractivity contribution >= 4 is 55.5 Å². The molecule has 216 valence electrons. The quantitative estimate of drug-likeness (QED) is 0.196. The molecule has 0 saturated carbocycles. The van der Waals surface area contributed by atoms with Crippen LogP contribution in [-0.2, 0) is 0 Å². The molecule has 8 rings (SSSR count). The van der Waals surface area contributed by atoms with Crippen LogP contribution >= 0.6 is 0 Å². The van der Waals surface area contributed by atoms with Crippen LogP contribution in [0.5, 0.6) is 0 Å². The Morgan fingerprint density at radius 3 is 1.84 bits per heavy atom. The number of rotatable bonds is 2. The minimum absolute atomic E-state index is 0.207. The third-order valence-electron chi connectivity index (χ3n) is 10.9. The third kappa shape index (κ3) is 3.16. The van der Waals surface area contributed by atoms with Gasteiger partial charge in [0.05, 0.1) is 33.2 Å². The highest BCUT2D eigenvalue weighted by Crippen LogP contribution is 2.54. The number of fused-ring (bicyclic) bond motifs is 9. The number of benzene rings is 4.